The Morgan fingerprint density at radius 1 is 1.07 bits per heavy atom. The number of hydrogen-bond acceptors (Lipinski definition) is 6. The average Bonchev–Trinajstić information content (AvgIpc) is 3.19. The van der Waals surface area contributed by atoms with Gasteiger partial charge in [0.2, 0.25) is 0 Å². The van der Waals surface area contributed by atoms with E-state index in [1.165, 1.54) is 44.1 Å². The number of methoxy groups -OCH3 is 1. The highest BCUT2D eigenvalue weighted by Crippen LogP contribution is 2.22. The van der Waals surface area contributed by atoms with Crippen LogP contribution >= 0.6 is 11.3 Å². The fraction of sp³-hybridized carbons (Fsp3) is 0.429. The average molecular weight is 390 g/mol. The summed E-state index contributed by atoms with van der Waals surface area (Å²) in [6.07, 6.45) is 6.12. The number of carbonyl (C=O) groups excluding carboxylic acids is 1. The molecule has 2 rings (SSSR count). The van der Waals surface area contributed by atoms with Crippen molar-refractivity contribution in [3.63, 3.8) is 0 Å². The predicted molar refractivity (Wildman–Crippen MR) is 109 cm³/mol. The molecule has 1 heterocycles. The van der Waals surface area contributed by atoms with Gasteiger partial charge < -0.3 is 14.2 Å². The number of benzene rings is 1. The summed E-state index contributed by atoms with van der Waals surface area (Å²) in [5.74, 6) is 1.13. The summed E-state index contributed by atoms with van der Waals surface area (Å²) in [7, 11) is 1.33. The van der Waals surface area contributed by atoms with E-state index in [0.717, 1.165) is 24.5 Å². The van der Waals surface area contributed by atoms with Crippen molar-refractivity contribution in [1.29, 1.82) is 0 Å². The molecule has 2 aromatic rings. The standard InChI is InChI=1S/C21H27NO4S/c1-4-5-6-7-8-13-25-17-9-11-18(12-10-17)26-14-16(2)20-22-19(15-27-20)21(23)24-3/h9-12,15H,2,4-8,13-14H2,1,3H3. The quantitative estimate of drug-likeness (QED) is 0.361. The van der Waals surface area contributed by atoms with Gasteiger partial charge in [0.25, 0.3) is 0 Å². The molecule has 1 aromatic carbocycles. The smallest absolute Gasteiger partial charge is 0.357 e. The Balaban J connectivity index is 1.73. The molecule has 0 radical (unpaired) electrons. The van der Waals surface area contributed by atoms with Crippen molar-refractivity contribution in [2.24, 2.45) is 0 Å². The zero-order chi connectivity index (χ0) is 19.5. The number of thiazole rings is 1. The van der Waals surface area contributed by atoms with Crippen LogP contribution in [-0.2, 0) is 4.74 Å². The minimum Gasteiger partial charge on any atom is -0.494 e. The third-order valence-corrected chi connectivity index (χ3v) is 4.90. The molecule has 0 saturated carbocycles. The Morgan fingerprint density at radius 2 is 1.74 bits per heavy atom. The molecule has 0 aliphatic heterocycles. The van der Waals surface area contributed by atoms with Crippen LogP contribution < -0.4 is 9.47 Å². The topological polar surface area (TPSA) is 57.7 Å². The van der Waals surface area contributed by atoms with E-state index < -0.39 is 5.97 Å². The normalized spacial score (nSPS) is 10.4. The molecule has 0 aliphatic rings. The molecule has 0 aliphatic carbocycles. The van der Waals surface area contributed by atoms with Crippen LogP contribution in [0.15, 0.2) is 36.2 Å². The number of nitrogens with zero attached hydrogens (tertiary/aromatic N) is 1. The van der Waals surface area contributed by atoms with Crippen LogP contribution in [0.4, 0.5) is 0 Å². The number of unbranched alkanes of at least 4 members (excludes halogenated alkanes) is 4. The van der Waals surface area contributed by atoms with Gasteiger partial charge in [-0.2, -0.15) is 0 Å². The first-order chi connectivity index (χ1) is 13.1. The van der Waals surface area contributed by atoms with Crippen molar-refractivity contribution in [2.45, 2.75) is 39.0 Å². The molecule has 146 valence electrons. The van der Waals surface area contributed by atoms with E-state index in [-0.39, 0.29) is 5.69 Å². The van der Waals surface area contributed by atoms with Gasteiger partial charge in [0.1, 0.15) is 23.1 Å². The van der Waals surface area contributed by atoms with E-state index in [1.54, 1.807) is 5.38 Å². The second-order valence-electron chi connectivity index (χ2n) is 6.16. The summed E-state index contributed by atoms with van der Waals surface area (Å²) in [5.41, 5.74) is 0.998. The molecule has 27 heavy (non-hydrogen) atoms. The number of ether oxygens (including phenoxy) is 3. The zero-order valence-corrected chi connectivity index (χ0v) is 16.8. The maximum absolute atomic E-state index is 11.5. The van der Waals surface area contributed by atoms with Gasteiger partial charge in [-0.1, -0.05) is 39.2 Å². The summed E-state index contributed by atoms with van der Waals surface area (Å²) < 4.78 is 16.1. The molecule has 5 nitrogen and oxygen atoms in total. The Kier molecular flexibility index (Phi) is 8.84. The van der Waals surface area contributed by atoms with Crippen LogP contribution in [0, 0.1) is 0 Å². The van der Waals surface area contributed by atoms with Gasteiger partial charge in [0.05, 0.1) is 13.7 Å². The number of esters is 1. The van der Waals surface area contributed by atoms with Crippen molar-refractivity contribution in [2.75, 3.05) is 20.3 Å². The Labute approximate surface area is 165 Å². The molecule has 0 amide bonds. The molecule has 6 heteroatoms. The lowest BCUT2D eigenvalue weighted by Gasteiger charge is -2.09. The summed E-state index contributed by atoms with van der Waals surface area (Å²) >= 11 is 1.34. The van der Waals surface area contributed by atoms with Crippen LogP contribution in [0.25, 0.3) is 5.57 Å². The van der Waals surface area contributed by atoms with E-state index in [0.29, 0.717) is 17.2 Å². The summed E-state index contributed by atoms with van der Waals surface area (Å²) in [4.78, 5) is 15.7. The fourth-order valence-electron chi connectivity index (χ4n) is 2.39. The summed E-state index contributed by atoms with van der Waals surface area (Å²) in [6.45, 7) is 7.23. The maximum atomic E-state index is 11.5. The van der Waals surface area contributed by atoms with Crippen molar-refractivity contribution >= 4 is 22.9 Å². The van der Waals surface area contributed by atoms with Gasteiger partial charge in [-0.05, 0) is 30.7 Å². The van der Waals surface area contributed by atoms with Gasteiger partial charge in [-0.3, -0.25) is 0 Å². The second-order valence-corrected chi connectivity index (χ2v) is 7.01. The number of rotatable bonds is 12. The Morgan fingerprint density at radius 3 is 2.41 bits per heavy atom. The Hall–Kier alpha value is -2.34. The third kappa shape index (κ3) is 7.06. The number of aromatic nitrogens is 1. The monoisotopic (exact) mass is 389 g/mol. The van der Waals surface area contributed by atoms with E-state index in [2.05, 4.69) is 23.2 Å². The Bertz CT molecular complexity index is 724. The first-order valence-electron chi connectivity index (χ1n) is 9.21. The highest BCUT2D eigenvalue weighted by Gasteiger charge is 2.12. The van der Waals surface area contributed by atoms with Gasteiger partial charge in [-0.15, -0.1) is 11.3 Å². The molecule has 0 atom stereocenters. The van der Waals surface area contributed by atoms with Crippen molar-refractivity contribution in [3.8, 4) is 11.5 Å². The molecular formula is C21H27NO4S. The third-order valence-electron chi connectivity index (χ3n) is 3.95. The first-order valence-corrected chi connectivity index (χ1v) is 10.1. The van der Waals surface area contributed by atoms with Crippen LogP contribution in [0.2, 0.25) is 0 Å². The SMILES string of the molecule is C=C(COc1ccc(OCCCCCCC)cc1)c1nc(C(=O)OC)cs1. The maximum Gasteiger partial charge on any atom is 0.357 e. The van der Waals surface area contributed by atoms with E-state index >= 15 is 0 Å². The molecule has 0 spiro atoms. The van der Waals surface area contributed by atoms with Crippen LogP contribution in [0.1, 0.15) is 54.5 Å². The van der Waals surface area contributed by atoms with Gasteiger partial charge in [0, 0.05) is 11.0 Å². The molecule has 0 fully saturated rings. The summed E-state index contributed by atoms with van der Waals surface area (Å²) in [6, 6.07) is 7.56. The van der Waals surface area contributed by atoms with Gasteiger partial charge in [-0.25, -0.2) is 9.78 Å². The minimum absolute atomic E-state index is 0.287. The highest BCUT2D eigenvalue weighted by molar-refractivity contribution is 7.11. The van der Waals surface area contributed by atoms with Crippen molar-refractivity contribution < 1.29 is 19.0 Å². The second kappa shape index (κ2) is 11.4. The highest BCUT2D eigenvalue weighted by atomic mass is 32.1. The number of hydrogen-bond donors (Lipinski definition) is 0. The molecular weight excluding hydrogens is 362 g/mol. The van der Waals surface area contributed by atoms with Crippen LogP contribution in [0.3, 0.4) is 0 Å². The minimum atomic E-state index is -0.452. The van der Waals surface area contributed by atoms with E-state index in [1.807, 2.05) is 24.3 Å². The van der Waals surface area contributed by atoms with Crippen LogP contribution in [-0.4, -0.2) is 31.3 Å². The largest absolute Gasteiger partial charge is 0.494 e. The first kappa shape index (κ1) is 21.0. The number of carbonyl (C=O) groups is 1. The lowest BCUT2D eigenvalue weighted by atomic mass is 10.2. The lowest BCUT2D eigenvalue weighted by molar-refractivity contribution is 0.0595. The fourth-order valence-corrected chi connectivity index (χ4v) is 3.14. The predicted octanol–water partition coefficient (Wildman–Crippen LogP) is 5.37. The van der Waals surface area contributed by atoms with Crippen molar-refractivity contribution in [1.82, 2.24) is 4.98 Å². The van der Waals surface area contributed by atoms with Crippen LogP contribution in [0.5, 0.6) is 11.5 Å². The van der Waals surface area contributed by atoms with Gasteiger partial charge >= 0.3 is 5.97 Å². The van der Waals surface area contributed by atoms with Gasteiger partial charge in [0.15, 0.2) is 5.69 Å². The molecule has 0 N–H and O–H groups in total. The molecule has 1 aromatic heterocycles. The lowest BCUT2D eigenvalue weighted by Crippen LogP contribution is -2.03. The van der Waals surface area contributed by atoms with E-state index in [4.69, 9.17) is 9.47 Å². The zero-order valence-electron chi connectivity index (χ0n) is 16.0. The molecule has 0 bridgehead atoms. The molecule has 0 unspecified atom stereocenters. The molecule has 0 saturated heterocycles. The summed E-state index contributed by atoms with van der Waals surface area (Å²) in [5, 5.41) is 2.32. The van der Waals surface area contributed by atoms with Crippen molar-refractivity contribution in [3.05, 3.63) is 46.9 Å². The van der Waals surface area contributed by atoms with E-state index in [9.17, 15) is 4.79 Å².